The van der Waals surface area contributed by atoms with E-state index in [0.717, 1.165) is 11.9 Å². The summed E-state index contributed by atoms with van der Waals surface area (Å²) in [4.78, 5) is 25.2. The summed E-state index contributed by atoms with van der Waals surface area (Å²) in [7, 11) is -3.67. The molecule has 0 bridgehead atoms. The molecule has 1 heterocycles. The van der Waals surface area contributed by atoms with Crippen LogP contribution in [0.1, 0.15) is 30.6 Å². The third-order valence-electron chi connectivity index (χ3n) is 3.84. The first-order valence-electron chi connectivity index (χ1n) is 8.27. The van der Waals surface area contributed by atoms with E-state index in [1.165, 1.54) is 6.92 Å². The lowest BCUT2D eigenvalue weighted by molar-refractivity contribution is -0.151. The minimum Gasteiger partial charge on any atom is -0.462 e. The molecule has 0 spiro atoms. The molecule has 2 rings (SSSR count). The van der Waals surface area contributed by atoms with Crippen molar-refractivity contribution >= 4 is 27.7 Å². The zero-order valence-electron chi connectivity index (χ0n) is 15.0. The fourth-order valence-electron chi connectivity index (χ4n) is 2.83. The molecule has 2 atom stereocenters. The largest absolute Gasteiger partial charge is 0.462 e. The summed E-state index contributed by atoms with van der Waals surface area (Å²) < 4.78 is 38.2. The van der Waals surface area contributed by atoms with Crippen molar-refractivity contribution in [3.63, 3.8) is 0 Å². The van der Waals surface area contributed by atoms with Crippen LogP contribution in [-0.2, 0) is 28.6 Å². The fourth-order valence-corrected chi connectivity index (χ4v) is 3.50. The highest BCUT2D eigenvalue weighted by Crippen LogP contribution is 2.25. The van der Waals surface area contributed by atoms with Gasteiger partial charge < -0.3 is 14.4 Å². The standard InChI is InChI=1S/C17H23NO7S/c1-4-23-17(20)13-6-5-7-14(10-13)18-9-8-15(25-26(3,21)22)16(11-18)24-12(2)19/h5-7,10,15-16H,4,8-9,11H2,1-3H3/t15-,16+/m0/s1. The maximum atomic E-state index is 11.9. The lowest BCUT2D eigenvalue weighted by atomic mass is 10.0. The van der Waals surface area contributed by atoms with Gasteiger partial charge in [0.1, 0.15) is 12.2 Å². The fraction of sp³-hybridized carbons (Fsp3) is 0.529. The topological polar surface area (TPSA) is 99.2 Å². The van der Waals surface area contributed by atoms with E-state index >= 15 is 0 Å². The number of rotatable bonds is 6. The zero-order chi connectivity index (χ0) is 19.3. The number of esters is 2. The highest BCUT2D eigenvalue weighted by Gasteiger charge is 2.35. The Bertz CT molecular complexity index is 762. The second-order valence-corrected chi connectivity index (χ2v) is 7.59. The Hall–Kier alpha value is -2.13. The lowest BCUT2D eigenvalue weighted by Gasteiger charge is -2.38. The Morgan fingerprint density at radius 1 is 1.27 bits per heavy atom. The second kappa shape index (κ2) is 8.50. The van der Waals surface area contributed by atoms with Crippen LogP contribution in [0.25, 0.3) is 0 Å². The molecule has 0 radical (unpaired) electrons. The lowest BCUT2D eigenvalue weighted by Crippen LogP contribution is -2.50. The molecule has 0 saturated carbocycles. The maximum absolute atomic E-state index is 11.9. The van der Waals surface area contributed by atoms with E-state index in [4.69, 9.17) is 13.7 Å². The van der Waals surface area contributed by atoms with Gasteiger partial charge in [0.15, 0.2) is 0 Å². The van der Waals surface area contributed by atoms with Crippen LogP contribution in [0.5, 0.6) is 0 Å². The van der Waals surface area contributed by atoms with Crippen LogP contribution < -0.4 is 4.90 Å². The summed E-state index contributed by atoms with van der Waals surface area (Å²) >= 11 is 0. The van der Waals surface area contributed by atoms with Gasteiger partial charge in [-0.25, -0.2) is 4.79 Å². The van der Waals surface area contributed by atoms with Gasteiger partial charge in [-0.05, 0) is 31.5 Å². The molecule has 1 aromatic rings. The van der Waals surface area contributed by atoms with E-state index in [1.54, 1.807) is 25.1 Å². The second-order valence-electron chi connectivity index (χ2n) is 5.99. The van der Waals surface area contributed by atoms with E-state index < -0.39 is 34.3 Å². The van der Waals surface area contributed by atoms with Crippen LogP contribution >= 0.6 is 0 Å². The molecule has 9 heteroatoms. The summed E-state index contributed by atoms with van der Waals surface area (Å²) in [6.07, 6.45) is -0.151. The molecule has 0 aliphatic carbocycles. The van der Waals surface area contributed by atoms with Crippen LogP contribution in [0.4, 0.5) is 5.69 Å². The smallest absolute Gasteiger partial charge is 0.338 e. The number of anilines is 1. The van der Waals surface area contributed by atoms with Crippen molar-refractivity contribution in [3.05, 3.63) is 29.8 Å². The van der Waals surface area contributed by atoms with Gasteiger partial charge in [0, 0.05) is 19.2 Å². The molecule has 1 aromatic carbocycles. The van der Waals surface area contributed by atoms with Gasteiger partial charge in [0.2, 0.25) is 0 Å². The van der Waals surface area contributed by atoms with E-state index in [-0.39, 0.29) is 13.2 Å². The Balaban J connectivity index is 2.18. The monoisotopic (exact) mass is 385 g/mol. The van der Waals surface area contributed by atoms with Crippen molar-refractivity contribution in [2.75, 3.05) is 30.9 Å². The zero-order valence-corrected chi connectivity index (χ0v) is 15.8. The molecule has 144 valence electrons. The predicted octanol–water partition coefficient (Wildman–Crippen LogP) is 1.35. The van der Waals surface area contributed by atoms with Gasteiger partial charge in [-0.3, -0.25) is 8.98 Å². The molecular formula is C17H23NO7S. The summed E-state index contributed by atoms with van der Waals surface area (Å²) in [6.45, 7) is 4.03. The van der Waals surface area contributed by atoms with Gasteiger partial charge in [-0.1, -0.05) is 6.07 Å². The van der Waals surface area contributed by atoms with E-state index in [9.17, 15) is 18.0 Å². The number of hydrogen-bond donors (Lipinski definition) is 0. The Kier molecular flexibility index (Phi) is 6.60. The van der Waals surface area contributed by atoms with Crippen LogP contribution in [-0.4, -0.2) is 58.5 Å². The summed E-state index contributed by atoms with van der Waals surface area (Å²) in [5.41, 5.74) is 1.17. The van der Waals surface area contributed by atoms with Crippen molar-refractivity contribution in [1.82, 2.24) is 0 Å². The summed E-state index contributed by atoms with van der Waals surface area (Å²) in [5.74, 6) is -0.930. The molecule has 8 nitrogen and oxygen atoms in total. The van der Waals surface area contributed by atoms with Crippen LogP contribution in [0.2, 0.25) is 0 Å². The number of ether oxygens (including phenoxy) is 2. The van der Waals surface area contributed by atoms with Gasteiger partial charge in [0.25, 0.3) is 10.1 Å². The molecule has 1 fully saturated rings. The van der Waals surface area contributed by atoms with E-state index in [2.05, 4.69) is 0 Å². The first kappa shape index (κ1) is 20.2. The normalized spacial score (nSPS) is 20.5. The van der Waals surface area contributed by atoms with E-state index in [0.29, 0.717) is 18.5 Å². The van der Waals surface area contributed by atoms with Gasteiger partial charge in [-0.2, -0.15) is 8.42 Å². The Labute approximate surface area is 153 Å². The number of nitrogens with zero attached hydrogens (tertiary/aromatic N) is 1. The quantitative estimate of drug-likeness (QED) is 0.534. The third kappa shape index (κ3) is 5.70. The number of hydrogen-bond acceptors (Lipinski definition) is 8. The maximum Gasteiger partial charge on any atom is 0.338 e. The van der Waals surface area contributed by atoms with Crippen molar-refractivity contribution in [2.45, 2.75) is 32.5 Å². The summed E-state index contributed by atoms with van der Waals surface area (Å²) in [6, 6.07) is 6.91. The highest BCUT2D eigenvalue weighted by molar-refractivity contribution is 7.86. The minimum atomic E-state index is -3.67. The molecule has 1 aliphatic heterocycles. The molecule has 0 amide bonds. The molecule has 0 N–H and O–H groups in total. The third-order valence-corrected chi connectivity index (χ3v) is 4.43. The molecule has 26 heavy (non-hydrogen) atoms. The Morgan fingerprint density at radius 3 is 2.62 bits per heavy atom. The van der Waals surface area contributed by atoms with Crippen LogP contribution in [0.15, 0.2) is 24.3 Å². The number of carbonyl (C=O) groups excluding carboxylic acids is 2. The number of carbonyl (C=O) groups is 2. The van der Waals surface area contributed by atoms with Crippen molar-refractivity contribution in [3.8, 4) is 0 Å². The molecule has 1 aliphatic rings. The first-order valence-corrected chi connectivity index (χ1v) is 10.1. The molecule has 0 unspecified atom stereocenters. The van der Waals surface area contributed by atoms with Crippen LogP contribution in [0, 0.1) is 0 Å². The van der Waals surface area contributed by atoms with Gasteiger partial charge >= 0.3 is 11.9 Å². The van der Waals surface area contributed by atoms with Crippen LogP contribution in [0.3, 0.4) is 0 Å². The minimum absolute atomic E-state index is 0.256. The highest BCUT2D eigenvalue weighted by atomic mass is 32.2. The SMILES string of the molecule is CCOC(=O)c1cccc(N2CC[C@H](OS(C)(=O)=O)[C@H](OC(C)=O)C2)c1. The average molecular weight is 385 g/mol. The van der Waals surface area contributed by atoms with Crippen molar-refractivity contribution in [2.24, 2.45) is 0 Å². The first-order chi connectivity index (χ1) is 12.2. The molecular weight excluding hydrogens is 362 g/mol. The predicted molar refractivity (Wildman–Crippen MR) is 94.5 cm³/mol. The average Bonchev–Trinajstić information content (AvgIpc) is 2.55. The van der Waals surface area contributed by atoms with Gasteiger partial charge in [-0.15, -0.1) is 0 Å². The number of piperidine rings is 1. The summed E-state index contributed by atoms with van der Waals surface area (Å²) in [5, 5.41) is 0. The van der Waals surface area contributed by atoms with E-state index in [1.807, 2.05) is 11.0 Å². The Morgan fingerprint density at radius 2 is 2.00 bits per heavy atom. The molecule has 1 saturated heterocycles. The van der Waals surface area contributed by atoms with Gasteiger partial charge in [0.05, 0.1) is 25.0 Å². The molecule has 0 aromatic heterocycles. The van der Waals surface area contributed by atoms with Crippen molar-refractivity contribution < 1.29 is 31.7 Å². The number of benzene rings is 1. The van der Waals surface area contributed by atoms with Crippen molar-refractivity contribution in [1.29, 1.82) is 0 Å².